The molecule has 0 radical (unpaired) electrons. The fraction of sp³-hybridized carbons (Fsp3) is 0.519. The van der Waals surface area contributed by atoms with Crippen LogP contribution in [0.3, 0.4) is 0 Å². The fourth-order valence-corrected chi connectivity index (χ4v) is 5.17. The van der Waals surface area contributed by atoms with Crippen molar-refractivity contribution in [2.75, 3.05) is 31.1 Å². The van der Waals surface area contributed by atoms with Gasteiger partial charge in [-0.05, 0) is 60.7 Å². The monoisotopic (exact) mass is 558 g/mol. The topological polar surface area (TPSA) is 61.6 Å². The number of aryl methyl sites for hydroxylation is 1. The van der Waals surface area contributed by atoms with E-state index in [0.29, 0.717) is 54.6 Å². The number of carbonyl (C=O) groups excluding carboxylic acids is 1. The second kappa shape index (κ2) is 12.7. The van der Waals surface area contributed by atoms with Crippen molar-refractivity contribution < 1.29 is 18.0 Å². The third-order valence-electron chi connectivity index (χ3n) is 6.94. The zero-order valence-electron chi connectivity index (χ0n) is 21.4. The Balaban J connectivity index is 1.75. The van der Waals surface area contributed by atoms with Gasteiger partial charge in [-0.25, -0.2) is 0 Å². The molecule has 2 aromatic carbocycles. The number of nitrogens with one attached hydrogen (secondary N) is 1. The third kappa shape index (κ3) is 7.76. The van der Waals surface area contributed by atoms with Gasteiger partial charge >= 0.3 is 6.18 Å². The number of rotatable bonds is 9. The van der Waals surface area contributed by atoms with E-state index in [1.807, 2.05) is 19.9 Å². The smallest absolute Gasteiger partial charge is 0.368 e. The first kappa shape index (κ1) is 29.6. The Kier molecular flexibility index (Phi) is 10.1. The van der Waals surface area contributed by atoms with Crippen molar-refractivity contribution in [2.45, 2.75) is 58.4 Å². The summed E-state index contributed by atoms with van der Waals surface area (Å²) in [5.41, 5.74) is 7.52. The van der Waals surface area contributed by atoms with Gasteiger partial charge < -0.3 is 15.5 Å². The predicted molar refractivity (Wildman–Crippen MR) is 144 cm³/mol. The van der Waals surface area contributed by atoms with Crippen LogP contribution in [0.4, 0.5) is 18.9 Å². The minimum atomic E-state index is -4.44. The molecule has 0 aromatic heterocycles. The lowest BCUT2D eigenvalue weighted by Gasteiger charge is -2.39. The van der Waals surface area contributed by atoms with Gasteiger partial charge in [-0.3, -0.25) is 10.1 Å². The largest absolute Gasteiger partial charge is 0.416 e. The highest BCUT2D eigenvalue weighted by atomic mass is 35.5. The Morgan fingerprint density at radius 3 is 2.32 bits per heavy atom. The predicted octanol–water partition coefficient (Wildman–Crippen LogP) is 6.28. The molecule has 1 aliphatic heterocycles. The van der Waals surface area contributed by atoms with Gasteiger partial charge in [0.25, 0.3) is 0 Å². The zero-order valence-corrected chi connectivity index (χ0v) is 22.9. The van der Waals surface area contributed by atoms with E-state index >= 15 is 0 Å². The van der Waals surface area contributed by atoms with E-state index in [0.717, 1.165) is 23.7 Å². The molecule has 204 valence electrons. The second-order valence-corrected chi connectivity index (χ2v) is 10.5. The van der Waals surface area contributed by atoms with Crippen LogP contribution < -0.4 is 16.0 Å². The molecule has 37 heavy (non-hydrogen) atoms. The summed E-state index contributed by atoms with van der Waals surface area (Å²) in [6.07, 6.45) is -3.22. The molecular formula is C27H35Cl2F3N4O. The quantitative estimate of drug-likeness (QED) is 0.356. The molecule has 0 bridgehead atoms. The highest BCUT2D eigenvalue weighted by Crippen LogP contribution is 2.38. The number of piperazine rings is 1. The number of hydrogen-bond acceptors (Lipinski definition) is 4. The number of benzene rings is 2. The molecule has 0 spiro atoms. The summed E-state index contributed by atoms with van der Waals surface area (Å²) in [6, 6.07) is 8.83. The van der Waals surface area contributed by atoms with Crippen molar-refractivity contribution in [1.29, 1.82) is 0 Å². The van der Waals surface area contributed by atoms with Crippen molar-refractivity contribution >= 4 is 34.8 Å². The molecule has 0 aliphatic carbocycles. The normalized spacial score (nSPS) is 17.0. The lowest BCUT2D eigenvalue weighted by molar-refractivity contribution is -0.137. The minimum absolute atomic E-state index is 0.0226. The molecule has 0 saturated carbocycles. The molecule has 1 heterocycles. The fourth-order valence-electron chi connectivity index (χ4n) is 4.67. The molecule has 3 N–H and O–H groups in total. The Morgan fingerprint density at radius 1 is 1.08 bits per heavy atom. The highest BCUT2D eigenvalue weighted by molar-refractivity contribution is 6.35. The van der Waals surface area contributed by atoms with Gasteiger partial charge in [-0.1, -0.05) is 49.5 Å². The van der Waals surface area contributed by atoms with Crippen LogP contribution in [0.2, 0.25) is 10.0 Å². The number of alkyl halides is 3. The Morgan fingerprint density at radius 2 is 1.76 bits per heavy atom. The maximum atomic E-state index is 13.6. The van der Waals surface area contributed by atoms with E-state index in [-0.39, 0.29) is 24.0 Å². The van der Waals surface area contributed by atoms with E-state index in [4.69, 9.17) is 28.9 Å². The number of amides is 1. The van der Waals surface area contributed by atoms with Crippen LogP contribution in [0.5, 0.6) is 0 Å². The molecule has 1 aliphatic rings. The number of anilines is 1. The van der Waals surface area contributed by atoms with Crippen LogP contribution in [0, 0.1) is 5.92 Å². The molecule has 10 heteroatoms. The average Bonchev–Trinajstić information content (AvgIpc) is 2.85. The SMILES string of the molecule is CCC(C)C(NC(C)N)c1cc(C(F)(F)F)ccc1N1CCN(C(=O)CCc2ccc(Cl)cc2Cl)CC1. The van der Waals surface area contributed by atoms with Crippen molar-refractivity contribution in [1.82, 2.24) is 10.2 Å². The first-order chi connectivity index (χ1) is 17.4. The van der Waals surface area contributed by atoms with Gasteiger partial charge in [0.1, 0.15) is 0 Å². The molecule has 1 saturated heterocycles. The molecule has 1 amide bonds. The second-order valence-electron chi connectivity index (χ2n) is 9.69. The molecule has 2 aromatic rings. The van der Waals surface area contributed by atoms with Crippen molar-refractivity contribution in [3.63, 3.8) is 0 Å². The van der Waals surface area contributed by atoms with E-state index in [2.05, 4.69) is 10.2 Å². The molecule has 3 unspecified atom stereocenters. The van der Waals surface area contributed by atoms with E-state index in [1.165, 1.54) is 6.07 Å². The highest BCUT2D eigenvalue weighted by Gasteiger charge is 2.34. The molecule has 3 rings (SSSR count). The standard InChI is InChI=1S/C27H35Cl2F3N4O/c1-4-17(2)26(34-18(3)33)22-15-20(27(30,31)32)7-9-24(22)35-11-13-36(14-12-35)25(37)10-6-19-5-8-21(28)16-23(19)29/h5,7-9,15-18,26,34H,4,6,10-14,33H2,1-3H3. The first-order valence-electron chi connectivity index (χ1n) is 12.6. The molecule has 3 atom stereocenters. The summed E-state index contributed by atoms with van der Waals surface area (Å²) in [7, 11) is 0. The maximum Gasteiger partial charge on any atom is 0.416 e. The van der Waals surface area contributed by atoms with Crippen LogP contribution in [-0.2, 0) is 17.4 Å². The first-order valence-corrected chi connectivity index (χ1v) is 13.4. The molecule has 1 fully saturated rings. The van der Waals surface area contributed by atoms with Crippen LogP contribution in [0.25, 0.3) is 0 Å². The van der Waals surface area contributed by atoms with Gasteiger partial charge in [-0.15, -0.1) is 0 Å². The third-order valence-corrected chi connectivity index (χ3v) is 7.53. The van der Waals surface area contributed by atoms with Gasteiger partial charge in [0.2, 0.25) is 5.91 Å². The minimum Gasteiger partial charge on any atom is -0.368 e. The Bertz CT molecular complexity index is 1070. The van der Waals surface area contributed by atoms with E-state index < -0.39 is 11.7 Å². The maximum absolute atomic E-state index is 13.6. The Labute approximate surface area is 227 Å². The number of halogens is 5. The molecule has 5 nitrogen and oxygen atoms in total. The molecular weight excluding hydrogens is 524 g/mol. The van der Waals surface area contributed by atoms with Crippen LogP contribution in [-0.4, -0.2) is 43.2 Å². The van der Waals surface area contributed by atoms with Crippen molar-refractivity contribution in [3.8, 4) is 0 Å². The van der Waals surface area contributed by atoms with Gasteiger partial charge in [-0.2, -0.15) is 13.2 Å². The van der Waals surface area contributed by atoms with E-state index in [1.54, 1.807) is 30.0 Å². The van der Waals surface area contributed by atoms with Gasteiger partial charge in [0, 0.05) is 54.4 Å². The van der Waals surface area contributed by atoms with Crippen molar-refractivity contribution in [3.05, 3.63) is 63.1 Å². The number of carbonyl (C=O) groups is 1. The van der Waals surface area contributed by atoms with E-state index in [9.17, 15) is 18.0 Å². The van der Waals surface area contributed by atoms with Crippen LogP contribution in [0.1, 0.15) is 56.3 Å². The zero-order chi connectivity index (χ0) is 27.3. The van der Waals surface area contributed by atoms with Gasteiger partial charge in [0.05, 0.1) is 11.7 Å². The summed E-state index contributed by atoms with van der Waals surface area (Å²) < 4.78 is 40.8. The average molecular weight is 560 g/mol. The summed E-state index contributed by atoms with van der Waals surface area (Å²) in [4.78, 5) is 16.7. The van der Waals surface area contributed by atoms with Crippen molar-refractivity contribution in [2.24, 2.45) is 11.7 Å². The number of hydrogen-bond donors (Lipinski definition) is 2. The number of nitrogens with zero attached hydrogens (tertiary/aromatic N) is 2. The summed E-state index contributed by atoms with van der Waals surface area (Å²) in [5.74, 6) is 0.0882. The van der Waals surface area contributed by atoms with Gasteiger partial charge in [0.15, 0.2) is 0 Å². The lowest BCUT2D eigenvalue weighted by Crippen LogP contribution is -2.49. The number of nitrogens with two attached hydrogens (primary N) is 1. The lowest BCUT2D eigenvalue weighted by atomic mass is 9.89. The summed E-state index contributed by atoms with van der Waals surface area (Å²) in [5, 5.41) is 4.36. The summed E-state index contributed by atoms with van der Waals surface area (Å²) >= 11 is 12.2. The van der Waals surface area contributed by atoms with Crippen LogP contribution >= 0.6 is 23.2 Å². The summed E-state index contributed by atoms with van der Waals surface area (Å²) in [6.45, 7) is 7.83. The Hall–Kier alpha value is -2.00. The van der Waals surface area contributed by atoms with Crippen LogP contribution in [0.15, 0.2) is 36.4 Å².